The third-order valence-corrected chi connectivity index (χ3v) is 6.73. The molecule has 2 aromatic carbocycles. The molecule has 0 heterocycles. The van der Waals surface area contributed by atoms with Crippen LogP contribution in [0.4, 0.5) is 0 Å². The van der Waals surface area contributed by atoms with E-state index in [2.05, 4.69) is 10.0 Å². The molecule has 0 aliphatic carbocycles. The number of nitrogens with one attached hydrogen (secondary N) is 2. The maximum absolute atomic E-state index is 12.5. The topological polar surface area (TPSA) is 75.3 Å². The van der Waals surface area contributed by atoms with E-state index < -0.39 is 10.0 Å². The van der Waals surface area contributed by atoms with Crippen LogP contribution in [0.3, 0.4) is 0 Å². The summed E-state index contributed by atoms with van der Waals surface area (Å²) in [6.07, 6.45) is 0.110. The van der Waals surface area contributed by atoms with Crippen molar-refractivity contribution < 1.29 is 13.2 Å². The fraction of sp³-hybridized carbons (Fsp3) is 0.350. The molecular weight excluding hydrogens is 380 g/mol. The van der Waals surface area contributed by atoms with Crippen LogP contribution in [0.5, 0.6) is 0 Å². The zero-order valence-corrected chi connectivity index (χ0v) is 17.5. The Bertz CT molecular complexity index is 858. The van der Waals surface area contributed by atoms with Crippen LogP contribution >= 0.6 is 11.8 Å². The van der Waals surface area contributed by atoms with Gasteiger partial charge in [0.1, 0.15) is 0 Å². The van der Waals surface area contributed by atoms with Gasteiger partial charge in [-0.05, 0) is 44.0 Å². The first-order valence-corrected chi connectivity index (χ1v) is 11.3. The predicted octanol–water partition coefficient (Wildman–Crippen LogP) is 3.19. The van der Waals surface area contributed by atoms with Gasteiger partial charge in [0.25, 0.3) is 0 Å². The summed E-state index contributed by atoms with van der Waals surface area (Å²) in [6, 6.07) is 13.7. The SMILES string of the molecule is Cc1cc(C)c(S(=O)(=O)NCCC(=O)NCCSc2ccccc2)c(C)c1. The van der Waals surface area contributed by atoms with Gasteiger partial charge < -0.3 is 5.32 Å². The minimum absolute atomic E-state index is 0.0761. The highest BCUT2D eigenvalue weighted by molar-refractivity contribution is 7.99. The highest BCUT2D eigenvalue weighted by Crippen LogP contribution is 2.21. The van der Waals surface area contributed by atoms with E-state index in [0.717, 1.165) is 16.2 Å². The molecule has 5 nitrogen and oxygen atoms in total. The number of thioether (sulfide) groups is 1. The minimum atomic E-state index is -3.63. The van der Waals surface area contributed by atoms with Gasteiger partial charge in [-0.15, -0.1) is 11.8 Å². The Morgan fingerprint density at radius 1 is 1.00 bits per heavy atom. The molecule has 7 heteroatoms. The Morgan fingerprint density at radius 3 is 2.26 bits per heavy atom. The van der Waals surface area contributed by atoms with Crippen molar-refractivity contribution in [2.75, 3.05) is 18.8 Å². The van der Waals surface area contributed by atoms with E-state index in [1.165, 1.54) is 0 Å². The Labute approximate surface area is 166 Å². The molecule has 0 atom stereocenters. The summed E-state index contributed by atoms with van der Waals surface area (Å²) in [4.78, 5) is 13.4. The van der Waals surface area contributed by atoms with Crippen molar-refractivity contribution in [3.8, 4) is 0 Å². The van der Waals surface area contributed by atoms with E-state index in [9.17, 15) is 13.2 Å². The zero-order chi connectivity index (χ0) is 19.9. The molecule has 0 spiro atoms. The molecule has 0 saturated heterocycles. The van der Waals surface area contributed by atoms with Crippen molar-refractivity contribution in [2.45, 2.75) is 37.0 Å². The van der Waals surface area contributed by atoms with E-state index in [0.29, 0.717) is 22.6 Å². The summed E-state index contributed by atoms with van der Waals surface area (Å²) in [5, 5.41) is 2.81. The molecule has 0 unspecified atom stereocenters. The van der Waals surface area contributed by atoms with E-state index in [1.54, 1.807) is 25.6 Å². The second kappa shape index (κ2) is 9.92. The average molecular weight is 407 g/mol. The molecule has 146 valence electrons. The number of benzene rings is 2. The highest BCUT2D eigenvalue weighted by Gasteiger charge is 2.19. The molecule has 0 fully saturated rings. The lowest BCUT2D eigenvalue weighted by Crippen LogP contribution is -2.32. The lowest BCUT2D eigenvalue weighted by molar-refractivity contribution is -0.120. The maximum Gasteiger partial charge on any atom is 0.241 e. The molecule has 2 aromatic rings. The first-order valence-electron chi connectivity index (χ1n) is 8.81. The second-order valence-corrected chi connectivity index (χ2v) is 9.26. The van der Waals surface area contributed by atoms with Crippen molar-refractivity contribution in [3.63, 3.8) is 0 Å². The predicted molar refractivity (Wildman–Crippen MR) is 111 cm³/mol. The summed E-state index contributed by atoms with van der Waals surface area (Å²) in [7, 11) is -3.63. The summed E-state index contributed by atoms with van der Waals surface area (Å²) in [6.45, 7) is 6.12. The van der Waals surface area contributed by atoms with Crippen LogP contribution in [0, 0.1) is 20.8 Å². The molecule has 1 amide bonds. The van der Waals surface area contributed by atoms with Gasteiger partial charge in [0, 0.05) is 30.2 Å². The number of hydrogen-bond acceptors (Lipinski definition) is 4. The van der Waals surface area contributed by atoms with Gasteiger partial charge in [-0.3, -0.25) is 4.79 Å². The number of sulfonamides is 1. The minimum Gasteiger partial charge on any atom is -0.355 e. The van der Waals surface area contributed by atoms with Crippen molar-refractivity contribution in [1.29, 1.82) is 0 Å². The van der Waals surface area contributed by atoms with Crippen molar-refractivity contribution >= 4 is 27.7 Å². The van der Waals surface area contributed by atoms with Gasteiger partial charge in [0.05, 0.1) is 4.90 Å². The van der Waals surface area contributed by atoms with Crippen molar-refractivity contribution in [1.82, 2.24) is 10.0 Å². The Kier molecular flexibility index (Phi) is 7.89. The smallest absolute Gasteiger partial charge is 0.241 e. The van der Waals surface area contributed by atoms with E-state index in [1.807, 2.05) is 49.4 Å². The summed E-state index contributed by atoms with van der Waals surface area (Å²) in [5.74, 6) is 0.604. The maximum atomic E-state index is 12.5. The Hall–Kier alpha value is -1.83. The van der Waals surface area contributed by atoms with Crippen LogP contribution in [-0.2, 0) is 14.8 Å². The van der Waals surface area contributed by atoms with Gasteiger partial charge in [0.15, 0.2) is 0 Å². The van der Waals surface area contributed by atoms with Crippen LogP contribution in [0.15, 0.2) is 52.3 Å². The second-order valence-electron chi connectivity index (χ2n) is 6.39. The third kappa shape index (κ3) is 6.68. The molecule has 0 radical (unpaired) electrons. The fourth-order valence-corrected chi connectivity index (χ4v) is 5.20. The molecule has 0 saturated carbocycles. The molecular formula is C20H26N2O3S2. The number of aryl methyl sites for hydroxylation is 3. The quantitative estimate of drug-likeness (QED) is 0.495. The van der Waals surface area contributed by atoms with Crippen molar-refractivity contribution in [3.05, 3.63) is 59.2 Å². The van der Waals surface area contributed by atoms with Crippen LogP contribution in [0.1, 0.15) is 23.1 Å². The molecule has 2 N–H and O–H groups in total. The fourth-order valence-electron chi connectivity index (χ4n) is 2.93. The standard InChI is InChI=1S/C20H26N2O3S2/c1-15-13-16(2)20(17(3)14-15)27(24,25)22-10-9-19(23)21-11-12-26-18-7-5-4-6-8-18/h4-8,13-14,22H,9-12H2,1-3H3,(H,21,23). The number of carbonyl (C=O) groups excluding carboxylic acids is 1. The lowest BCUT2D eigenvalue weighted by Gasteiger charge is -2.13. The van der Waals surface area contributed by atoms with Gasteiger partial charge in [-0.25, -0.2) is 13.1 Å². The van der Waals surface area contributed by atoms with Crippen molar-refractivity contribution in [2.24, 2.45) is 0 Å². The summed E-state index contributed by atoms with van der Waals surface area (Å²) >= 11 is 1.67. The van der Waals surface area contributed by atoms with E-state index in [-0.39, 0.29) is 18.9 Å². The molecule has 0 aromatic heterocycles. The van der Waals surface area contributed by atoms with Crippen LogP contribution < -0.4 is 10.0 Å². The van der Waals surface area contributed by atoms with Crippen LogP contribution in [-0.4, -0.2) is 33.2 Å². The monoisotopic (exact) mass is 406 g/mol. The normalized spacial score (nSPS) is 11.4. The van der Waals surface area contributed by atoms with E-state index >= 15 is 0 Å². The number of amides is 1. The lowest BCUT2D eigenvalue weighted by atomic mass is 10.1. The first kappa shape index (κ1) is 21.5. The van der Waals surface area contributed by atoms with Gasteiger partial charge in [0.2, 0.25) is 15.9 Å². The summed E-state index contributed by atoms with van der Waals surface area (Å²) < 4.78 is 27.6. The Morgan fingerprint density at radius 2 is 1.63 bits per heavy atom. The van der Waals surface area contributed by atoms with Gasteiger partial charge in [-0.1, -0.05) is 35.9 Å². The number of carbonyl (C=O) groups is 1. The summed E-state index contributed by atoms with van der Waals surface area (Å²) in [5.41, 5.74) is 2.45. The highest BCUT2D eigenvalue weighted by atomic mass is 32.2. The van der Waals surface area contributed by atoms with Gasteiger partial charge in [-0.2, -0.15) is 0 Å². The number of rotatable bonds is 9. The average Bonchev–Trinajstić information content (AvgIpc) is 2.58. The largest absolute Gasteiger partial charge is 0.355 e. The molecule has 0 aliphatic rings. The molecule has 0 aliphatic heterocycles. The number of hydrogen-bond donors (Lipinski definition) is 2. The van der Waals surface area contributed by atoms with E-state index in [4.69, 9.17) is 0 Å². The third-order valence-electron chi connectivity index (χ3n) is 3.95. The molecule has 0 bridgehead atoms. The zero-order valence-electron chi connectivity index (χ0n) is 15.9. The van der Waals surface area contributed by atoms with Gasteiger partial charge >= 0.3 is 0 Å². The first-order chi connectivity index (χ1) is 12.8. The Balaban J connectivity index is 1.76. The van der Waals surface area contributed by atoms with Crippen LogP contribution in [0.25, 0.3) is 0 Å². The molecule has 2 rings (SSSR count). The molecule has 27 heavy (non-hydrogen) atoms. The van der Waals surface area contributed by atoms with Crippen LogP contribution in [0.2, 0.25) is 0 Å².